The third kappa shape index (κ3) is 5.97. The van der Waals surface area contributed by atoms with Gasteiger partial charge in [0, 0.05) is 17.8 Å². The minimum Gasteiger partial charge on any atom is -0.261 e. The molecule has 0 N–H and O–H groups in total. The van der Waals surface area contributed by atoms with E-state index in [0.29, 0.717) is 5.92 Å². The predicted molar refractivity (Wildman–Crippen MR) is 74.6 cm³/mol. The summed E-state index contributed by atoms with van der Waals surface area (Å²) in [5.74, 6) is 0.606. The molecule has 0 aliphatic rings. The molecular formula is C15H21N. The Morgan fingerprint density at radius 1 is 1.12 bits per heavy atom. The monoisotopic (exact) mass is 215 g/mol. The minimum absolute atomic E-state index is 0.254. The molecule has 0 aromatic heterocycles. The lowest BCUT2D eigenvalue weighted by molar-refractivity contribution is 0.939. The van der Waals surface area contributed by atoms with Crippen molar-refractivity contribution in [2.75, 3.05) is 0 Å². The van der Waals surface area contributed by atoms with Crippen LogP contribution in [0.4, 0.5) is 0 Å². The Hall–Kier alpha value is -1.63. The summed E-state index contributed by atoms with van der Waals surface area (Å²) in [6, 6.07) is 0. The molecule has 0 aliphatic carbocycles. The van der Waals surface area contributed by atoms with Gasteiger partial charge in [0.1, 0.15) is 0 Å². The maximum absolute atomic E-state index is 4.26. The van der Waals surface area contributed by atoms with Crippen LogP contribution in [0.2, 0.25) is 0 Å². The van der Waals surface area contributed by atoms with Gasteiger partial charge in [-0.25, -0.2) is 0 Å². The average Bonchev–Trinajstić information content (AvgIpc) is 2.30. The van der Waals surface area contributed by atoms with Gasteiger partial charge < -0.3 is 0 Å². The molecule has 1 heteroatoms. The van der Waals surface area contributed by atoms with Gasteiger partial charge in [0.15, 0.2) is 0 Å². The van der Waals surface area contributed by atoms with Crippen molar-refractivity contribution in [3.05, 3.63) is 62.4 Å². The quantitative estimate of drug-likeness (QED) is 0.340. The van der Waals surface area contributed by atoms with Gasteiger partial charge in [0.25, 0.3) is 0 Å². The fourth-order valence-electron chi connectivity index (χ4n) is 1.09. The van der Waals surface area contributed by atoms with Gasteiger partial charge in [-0.1, -0.05) is 57.4 Å². The highest BCUT2D eigenvalue weighted by Gasteiger charge is 2.02. The molecule has 0 spiro atoms. The van der Waals surface area contributed by atoms with Crippen LogP contribution in [-0.4, -0.2) is 5.71 Å². The fourth-order valence-corrected chi connectivity index (χ4v) is 1.09. The SMILES string of the molecule is C=C/C=C\C(C)C(/C=C/C(C)C=C)=N/C=C. The third-order valence-electron chi connectivity index (χ3n) is 2.19. The summed E-state index contributed by atoms with van der Waals surface area (Å²) in [7, 11) is 0. The maximum Gasteiger partial charge on any atom is 0.0466 e. The van der Waals surface area contributed by atoms with Crippen molar-refractivity contribution >= 4 is 5.71 Å². The van der Waals surface area contributed by atoms with E-state index in [-0.39, 0.29) is 5.92 Å². The highest BCUT2D eigenvalue weighted by atomic mass is 14.7. The Morgan fingerprint density at radius 3 is 2.31 bits per heavy atom. The van der Waals surface area contributed by atoms with Crippen LogP contribution in [-0.2, 0) is 0 Å². The summed E-state index contributed by atoms with van der Waals surface area (Å²) in [5.41, 5.74) is 0.988. The van der Waals surface area contributed by atoms with E-state index in [1.54, 1.807) is 12.3 Å². The second-order valence-electron chi connectivity index (χ2n) is 3.60. The van der Waals surface area contributed by atoms with E-state index in [1.165, 1.54) is 0 Å². The molecule has 0 rings (SSSR count). The summed E-state index contributed by atoms with van der Waals surface area (Å²) in [4.78, 5) is 4.26. The van der Waals surface area contributed by atoms with Crippen LogP contribution in [0.15, 0.2) is 67.4 Å². The van der Waals surface area contributed by atoms with Crippen molar-refractivity contribution in [1.82, 2.24) is 0 Å². The molecule has 16 heavy (non-hydrogen) atoms. The molecule has 0 aromatic rings. The van der Waals surface area contributed by atoms with Gasteiger partial charge in [-0.05, 0) is 12.0 Å². The van der Waals surface area contributed by atoms with E-state index < -0.39 is 0 Å². The second kappa shape index (κ2) is 8.66. The van der Waals surface area contributed by atoms with Gasteiger partial charge in [0.05, 0.1) is 0 Å². The van der Waals surface area contributed by atoms with Crippen molar-refractivity contribution < 1.29 is 0 Å². The molecule has 0 fully saturated rings. The molecule has 0 aromatic carbocycles. The minimum atomic E-state index is 0.254. The highest BCUT2D eigenvalue weighted by molar-refractivity contribution is 5.98. The Bertz CT molecular complexity index is 318. The van der Waals surface area contributed by atoms with Crippen LogP contribution < -0.4 is 0 Å². The summed E-state index contributed by atoms with van der Waals surface area (Å²) >= 11 is 0. The van der Waals surface area contributed by atoms with Crippen LogP contribution >= 0.6 is 0 Å². The number of nitrogens with zero attached hydrogens (tertiary/aromatic N) is 1. The molecule has 86 valence electrons. The first-order valence-corrected chi connectivity index (χ1v) is 5.44. The van der Waals surface area contributed by atoms with Gasteiger partial charge in [0.2, 0.25) is 0 Å². The van der Waals surface area contributed by atoms with Crippen LogP contribution in [0.25, 0.3) is 0 Å². The van der Waals surface area contributed by atoms with Crippen LogP contribution in [0.5, 0.6) is 0 Å². The molecule has 0 saturated carbocycles. The van der Waals surface area contributed by atoms with Crippen LogP contribution in [0.1, 0.15) is 13.8 Å². The van der Waals surface area contributed by atoms with E-state index in [1.807, 2.05) is 18.2 Å². The standard InChI is InChI=1S/C15H21N/c1-6-9-10-14(5)15(16-8-3)12-11-13(4)7-2/h6-14H,1-3H2,4-5H3/b10-9-,12-11+,16-15+. The lowest BCUT2D eigenvalue weighted by Gasteiger charge is -2.06. The number of rotatable bonds is 7. The van der Waals surface area contributed by atoms with Crippen molar-refractivity contribution in [3.63, 3.8) is 0 Å². The summed E-state index contributed by atoms with van der Waals surface area (Å²) < 4.78 is 0. The van der Waals surface area contributed by atoms with Crippen molar-refractivity contribution in [3.8, 4) is 0 Å². The van der Waals surface area contributed by atoms with Crippen molar-refractivity contribution in [2.45, 2.75) is 13.8 Å². The number of aliphatic imine (C=N–C) groups is 1. The zero-order valence-corrected chi connectivity index (χ0v) is 10.3. The van der Waals surface area contributed by atoms with Gasteiger partial charge >= 0.3 is 0 Å². The lowest BCUT2D eigenvalue weighted by atomic mass is 10.0. The maximum atomic E-state index is 4.26. The van der Waals surface area contributed by atoms with E-state index in [2.05, 4.69) is 50.7 Å². The largest absolute Gasteiger partial charge is 0.261 e. The average molecular weight is 215 g/mol. The normalized spacial score (nSPS) is 16.2. The summed E-state index contributed by atoms with van der Waals surface area (Å²) in [5, 5.41) is 0. The molecule has 2 atom stereocenters. The number of hydrogen-bond donors (Lipinski definition) is 0. The number of hydrogen-bond acceptors (Lipinski definition) is 1. The lowest BCUT2D eigenvalue weighted by Crippen LogP contribution is -2.05. The van der Waals surface area contributed by atoms with Gasteiger partial charge in [-0.2, -0.15) is 0 Å². The van der Waals surface area contributed by atoms with E-state index in [0.717, 1.165) is 5.71 Å². The smallest absolute Gasteiger partial charge is 0.0466 e. The first-order chi connectivity index (χ1) is 7.65. The molecule has 0 amide bonds. The zero-order valence-electron chi connectivity index (χ0n) is 10.3. The summed E-state index contributed by atoms with van der Waals surface area (Å²) in [6.45, 7) is 15.2. The molecule has 0 saturated heterocycles. The summed E-state index contributed by atoms with van der Waals surface area (Å²) in [6.07, 6.45) is 13.3. The molecule has 0 radical (unpaired) electrons. The Labute approximate surface area is 99.3 Å². The predicted octanol–water partition coefficient (Wildman–Crippen LogP) is 4.33. The van der Waals surface area contributed by atoms with Gasteiger partial charge in [-0.15, -0.1) is 6.58 Å². The molecule has 0 heterocycles. The molecular weight excluding hydrogens is 194 g/mol. The number of allylic oxidation sites excluding steroid dienone is 6. The Kier molecular flexibility index (Phi) is 7.78. The Balaban J connectivity index is 4.74. The topological polar surface area (TPSA) is 12.4 Å². The van der Waals surface area contributed by atoms with Crippen molar-refractivity contribution in [2.24, 2.45) is 16.8 Å². The second-order valence-corrected chi connectivity index (χ2v) is 3.60. The zero-order chi connectivity index (χ0) is 12.4. The highest BCUT2D eigenvalue weighted by Crippen LogP contribution is 2.06. The molecule has 0 bridgehead atoms. The Morgan fingerprint density at radius 2 is 1.81 bits per heavy atom. The molecule has 2 unspecified atom stereocenters. The van der Waals surface area contributed by atoms with Crippen LogP contribution in [0, 0.1) is 11.8 Å². The van der Waals surface area contributed by atoms with Crippen molar-refractivity contribution in [1.29, 1.82) is 0 Å². The first kappa shape index (κ1) is 14.4. The van der Waals surface area contributed by atoms with E-state index in [4.69, 9.17) is 0 Å². The van der Waals surface area contributed by atoms with Gasteiger partial charge in [-0.3, -0.25) is 4.99 Å². The first-order valence-electron chi connectivity index (χ1n) is 5.44. The molecule has 0 aliphatic heterocycles. The van der Waals surface area contributed by atoms with Crippen LogP contribution in [0.3, 0.4) is 0 Å². The third-order valence-corrected chi connectivity index (χ3v) is 2.19. The van der Waals surface area contributed by atoms with E-state index >= 15 is 0 Å². The van der Waals surface area contributed by atoms with E-state index in [9.17, 15) is 0 Å². The molecule has 1 nitrogen and oxygen atoms in total. The fraction of sp³-hybridized carbons (Fsp3) is 0.267.